The summed E-state index contributed by atoms with van der Waals surface area (Å²) in [5, 5.41) is 8.83. The van der Waals surface area contributed by atoms with Crippen LogP contribution in [0.5, 0.6) is 0 Å². The number of β-amino-alcohol motifs (C(OH)–C–C–N with tert-alkyl or cyclic N) is 1. The van der Waals surface area contributed by atoms with Crippen LogP contribution in [0.25, 0.3) is 0 Å². The number of nitrogens with two attached hydrogens (primary N) is 1. The van der Waals surface area contributed by atoms with E-state index in [2.05, 4.69) is 9.80 Å². The number of carbonyl (C=O) groups is 1. The topological polar surface area (TPSA) is 69.8 Å². The second-order valence-electron chi connectivity index (χ2n) is 5.09. The van der Waals surface area contributed by atoms with Gasteiger partial charge in [0.15, 0.2) is 0 Å². The van der Waals surface area contributed by atoms with Crippen LogP contribution in [0.3, 0.4) is 0 Å². The minimum atomic E-state index is -0.459. The van der Waals surface area contributed by atoms with Crippen molar-refractivity contribution in [2.24, 2.45) is 11.1 Å². The largest absolute Gasteiger partial charge is 0.395 e. The highest BCUT2D eigenvalue weighted by molar-refractivity contribution is 5.80. The molecule has 1 rings (SSSR count). The summed E-state index contributed by atoms with van der Waals surface area (Å²) in [4.78, 5) is 15.7. The Balaban J connectivity index is 2.34. The molecule has 0 spiro atoms. The van der Waals surface area contributed by atoms with Crippen molar-refractivity contribution >= 4 is 5.91 Å². The Kier molecular flexibility index (Phi) is 4.70. The Morgan fingerprint density at radius 1 is 1.25 bits per heavy atom. The SMILES string of the molecule is CC(C)(CN1CCN(CCO)CC1)C(N)=O. The average Bonchev–Trinajstić information content (AvgIpc) is 2.21. The van der Waals surface area contributed by atoms with Gasteiger partial charge in [0.05, 0.1) is 12.0 Å². The van der Waals surface area contributed by atoms with Gasteiger partial charge in [0.1, 0.15) is 0 Å². The number of hydrogen-bond acceptors (Lipinski definition) is 4. The van der Waals surface area contributed by atoms with Gasteiger partial charge in [-0.25, -0.2) is 0 Å². The molecule has 1 aliphatic heterocycles. The molecule has 0 aromatic heterocycles. The van der Waals surface area contributed by atoms with Crippen molar-refractivity contribution in [3.05, 3.63) is 0 Å². The monoisotopic (exact) mass is 229 g/mol. The Labute approximate surface area is 97.2 Å². The zero-order valence-electron chi connectivity index (χ0n) is 10.3. The second-order valence-corrected chi connectivity index (χ2v) is 5.09. The van der Waals surface area contributed by atoms with E-state index in [4.69, 9.17) is 10.8 Å². The predicted octanol–water partition coefficient (Wildman–Crippen LogP) is -0.892. The molecule has 0 aromatic carbocycles. The van der Waals surface area contributed by atoms with Crippen molar-refractivity contribution < 1.29 is 9.90 Å². The number of amides is 1. The Bertz CT molecular complexity index is 235. The number of aliphatic hydroxyl groups excluding tert-OH is 1. The molecule has 0 saturated carbocycles. The molecule has 0 bridgehead atoms. The predicted molar refractivity (Wildman–Crippen MR) is 62.9 cm³/mol. The van der Waals surface area contributed by atoms with E-state index in [0.29, 0.717) is 0 Å². The van der Waals surface area contributed by atoms with Gasteiger partial charge >= 0.3 is 0 Å². The second kappa shape index (κ2) is 5.61. The van der Waals surface area contributed by atoms with Crippen LogP contribution in [0.1, 0.15) is 13.8 Å². The molecule has 3 N–H and O–H groups in total. The van der Waals surface area contributed by atoms with E-state index in [9.17, 15) is 4.79 Å². The van der Waals surface area contributed by atoms with E-state index in [-0.39, 0.29) is 12.5 Å². The van der Waals surface area contributed by atoms with E-state index in [1.807, 2.05) is 13.8 Å². The Hall–Kier alpha value is -0.650. The van der Waals surface area contributed by atoms with Gasteiger partial charge in [-0.3, -0.25) is 14.6 Å². The molecule has 1 fully saturated rings. The molecule has 16 heavy (non-hydrogen) atoms. The summed E-state index contributed by atoms with van der Waals surface area (Å²) in [7, 11) is 0. The van der Waals surface area contributed by atoms with E-state index >= 15 is 0 Å². The lowest BCUT2D eigenvalue weighted by atomic mass is 9.92. The van der Waals surface area contributed by atoms with E-state index in [1.165, 1.54) is 0 Å². The van der Waals surface area contributed by atoms with Gasteiger partial charge in [-0.1, -0.05) is 0 Å². The van der Waals surface area contributed by atoms with Gasteiger partial charge < -0.3 is 10.8 Å². The summed E-state index contributed by atoms with van der Waals surface area (Å²) >= 11 is 0. The van der Waals surface area contributed by atoms with Crippen LogP contribution in [0.2, 0.25) is 0 Å². The molecule has 5 nitrogen and oxygen atoms in total. The summed E-state index contributed by atoms with van der Waals surface area (Å²) in [6.45, 7) is 9.23. The molecule has 5 heteroatoms. The lowest BCUT2D eigenvalue weighted by molar-refractivity contribution is -0.127. The summed E-state index contributed by atoms with van der Waals surface area (Å²) in [5.41, 5.74) is 4.89. The summed E-state index contributed by atoms with van der Waals surface area (Å²) in [5.74, 6) is -0.245. The third-order valence-corrected chi connectivity index (χ3v) is 3.17. The summed E-state index contributed by atoms with van der Waals surface area (Å²) in [6, 6.07) is 0. The first-order valence-corrected chi connectivity index (χ1v) is 5.81. The molecular formula is C11H23N3O2. The van der Waals surface area contributed by atoms with Gasteiger partial charge in [0.2, 0.25) is 5.91 Å². The van der Waals surface area contributed by atoms with Crippen molar-refractivity contribution in [3.8, 4) is 0 Å². The number of carbonyl (C=O) groups excluding carboxylic acids is 1. The summed E-state index contributed by atoms with van der Waals surface area (Å²) < 4.78 is 0. The van der Waals surface area contributed by atoms with Crippen LogP contribution in [0, 0.1) is 5.41 Å². The minimum Gasteiger partial charge on any atom is -0.395 e. The first-order chi connectivity index (χ1) is 7.45. The maximum atomic E-state index is 11.2. The lowest BCUT2D eigenvalue weighted by Gasteiger charge is -2.37. The molecule has 0 aromatic rings. The zero-order chi connectivity index (χ0) is 12.2. The lowest BCUT2D eigenvalue weighted by Crippen LogP contribution is -2.51. The maximum absolute atomic E-state index is 11.2. The molecule has 1 saturated heterocycles. The number of nitrogens with zero attached hydrogens (tertiary/aromatic N) is 2. The number of primary amides is 1. The van der Waals surface area contributed by atoms with Crippen molar-refractivity contribution in [2.45, 2.75) is 13.8 Å². The standard InChI is InChI=1S/C11H23N3O2/c1-11(2,10(12)16)9-14-5-3-13(4-6-14)7-8-15/h15H,3-9H2,1-2H3,(H2,12,16). The summed E-state index contributed by atoms with van der Waals surface area (Å²) in [6.07, 6.45) is 0. The van der Waals surface area contributed by atoms with E-state index < -0.39 is 5.41 Å². The fraction of sp³-hybridized carbons (Fsp3) is 0.909. The molecule has 0 radical (unpaired) electrons. The molecule has 0 aliphatic carbocycles. The van der Waals surface area contributed by atoms with Crippen LogP contribution in [-0.2, 0) is 4.79 Å². The van der Waals surface area contributed by atoms with Crippen molar-refractivity contribution in [1.82, 2.24) is 9.80 Å². The Morgan fingerprint density at radius 2 is 1.75 bits per heavy atom. The van der Waals surface area contributed by atoms with E-state index in [1.54, 1.807) is 0 Å². The van der Waals surface area contributed by atoms with Gasteiger partial charge in [0, 0.05) is 39.3 Å². The van der Waals surface area contributed by atoms with Gasteiger partial charge in [-0.2, -0.15) is 0 Å². The third kappa shape index (κ3) is 3.73. The van der Waals surface area contributed by atoms with Crippen molar-refractivity contribution in [2.75, 3.05) is 45.9 Å². The third-order valence-electron chi connectivity index (χ3n) is 3.17. The highest BCUT2D eigenvalue weighted by atomic mass is 16.3. The highest BCUT2D eigenvalue weighted by Crippen LogP contribution is 2.17. The Morgan fingerprint density at radius 3 is 2.19 bits per heavy atom. The number of hydrogen-bond donors (Lipinski definition) is 2. The highest BCUT2D eigenvalue weighted by Gasteiger charge is 2.29. The van der Waals surface area contributed by atoms with Crippen molar-refractivity contribution in [1.29, 1.82) is 0 Å². The van der Waals surface area contributed by atoms with Crippen molar-refractivity contribution in [3.63, 3.8) is 0 Å². The van der Waals surface area contributed by atoms with E-state index in [0.717, 1.165) is 39.3 Å². The first-order valence-electron chi connectivity index (χ1n) is 5.81. The van der Waals surface area contributed by atoms with Crippen LogP contribution in [-0.4, -0.2) is 66.7 Å². The molecule has 0 unspecified atom stereocenters. The maximum Gasteiger partial charge on any atom is 0.224 e. The molecular weight excluding hydrogens is 206 g/mol. The molecule has 94 valence electrons. The molecule has 1 amide bonds. The normalized spacial score (nSPS) is 19.9. The quantitative estimate of drug-likeness (QED) is 0.641. The molecule has 1 aliphatic rings. The minimum absolute atomic E-state index is 0.215. The molecule has 0 atom stereocenters. The number of aliphatic hydroxyl groups is 1. The smallest absolute Gasteiger partial charge is 0.224 e. The fourth-order valence-corrected chi connectivity index (χ4v) is 1.95. The van der Waals surface area contributed by atoms with Crippen LogP contribution in [0.4, 0.5) is 0 Å². The first kappa shape index (κ1) is 13.4. The fourth-order valence-electron chi connectivity index (χ4n) is 1.95. The van der Waals surface area contributed by atoms with Crippen LogP contribution >= 0.6 is 0 Å². The molecule has 1 heterocycles. The zero-order valence-corrected chi connectivity index (χ0v) is 10.3. The van der Waals surface area contributed by atoms with Gasteiger partial charge in [-0.05, 0) is 13.8 Å². The van der Waals surface area contributed by atoms with Gasteiger partial charge in [0.25, 0.3) is 0 Å². The number of piperazine rings is 1. The number of rotatable bonds is 5. The van der Waals surface area contributed by atoms with Crippen LogP contribution in [0.15, 0.2) is 0 Å². The van der Waals surface area contributed by atoms with Gasteiger partial charge in [-0.15, -0.1) is 0 Å². The van der Waals surface area contributed by atoms with Crippen LogP contribution < -0.4 is 5.73 Å². The average molecular weight is 229 g/mol.